The van der Waals surface area contributed by atoms with Crippen LogP contribution < -0.4 is 5.73 Å². The van der Waals surface area contributed by atoms with Gasteiger partial charge in [0.25, 0.3) is 0 Å². The quantitative estimate of drug-likeness (QED) is 0.670. The van der Waals surface area contributed by atoms with E-state index in [-0.39, 0.29) is 18.2 Å². The molecule has 1 aliphatic rings. The first-order valence-electron chi connectivity index (χ1n) is 3.68. The predicted molar refractivity (Wildman–Crippen MR) is 37.0 cm³/mol. The second kappa shape index (κ2) is 3.35. The molecule has 5 heteroatoms. The van der Waals surface area contributed by atoms with Gasteiger partial charge in [-0.25, -0.2) is 0 Å². The van der Waals surface area contributed by atoms with Crippen LogP contribution in [0.4, 0.5) is 13.2 Å². The number of alkyl halides is 3. The Bertz CT molecular complexity index is 188. The zero-order valence-corrected chi connectivity index (χ0v) is 6.40. The lowest BCUT2D eigenvalue weighted by molar-refractivity contribution is -0.306. The summed E-state index contributed by atoms with van der Waals surface area (Å²) in [6, 6.07) is -0.0226. The molecule has 0 aromatic rings. The molecule has 1 rings (SSSR count). The minimum absolute atomic E-state index is 0.01000. The van der Waals surface area contributed by atoms with Gasteiger partial charge in [-0.2, -0.15) is 0 Å². The number of ether oxygens (including phenoxy) is 1. The van der Waals surface area contributed by atoms with Gasteiger partial charge >= 0.3 is 6.36 Å². The van der Waals surface area contributed by atoms with Crippen LogP contribution in [-0.4, -0.2) is 12.4 Å². The SMILES string of the molecule is NC1CC=C(OC(F)(F)F)CC1. The third-order valence-corrected chi connectivity index (χ3v) is 1.66. The molecule has 0 bridgehead atoms. The monoisotopic (exact) mass is 181 g/mol. The van der Waals surface area contributed by atoms with Gasteiger partial charge in [-0.3, -0.25) is 0 Å². The van der Waals surface area contributed by atoms with Gasteiger partial charge in [0.15, 0.2) is 0 Å². The second-order valence-electron chi connectivity index (χ2n) is 2.75. The van der Waals surface area contributed by atoms with Crippen LogP contribution in [-0.2, 0) is 4.74 Å². The maximum Gasteiger partial charge on any atom is 0.572 e. The molecule has 12 heavy (non-hydrogen) atoms. The summed E-state index contributed by atoms with van der Waals surface area (Å²) in [5.74, 6) is -0.01000. The highest BCUT2D eigenvalue weighted by Crippen LogP contribution is 2.26. The van der Waals surface area contributed by atoms with Crippen LogP contribution in [0.25, 0.3) is 0 Å². The third kappa shape index (κ3) is 3.13. The van der Waals surface area contributed by atoms with Gasteiger partial charge in [-0.15, -0.1) is 13.2 Å². The molecule has 2 N–H and O–H groups in total. The van der Waals surface area contributed by atoms with Crippen molar-refractivity contribution >= 4 is 0 Å². The molecule has 0 fully saturated rings. The lowest BCUT2D eigenvalue weighted by atomic mass is 10.0. The molecule has 0 radical (unpaired) electrons. The number of hydrogen-bond donors (Lipinski definition) is 1. The average Bonchev–Trinajstić information content (AvgIpc) is 1.91. The van der Waals surface area contributed by atoms with E-state index in [1.165, 1.54) is 6.08 Å². The van der Waals surface area contributed by atoms with Gasteiger partial charge < -0.3 is 10.5 Å². The standard InChI is InChI=1S/C7H10F3NO/c8-7(9,10)12-6-3-1-5(11)2-4-6/h3,5H,1-2,4,11H2. The smallest absolute Gasteiger partial charge is 0.411 e. The van der Waals surface area contributed by atoms with Crippen LogP contribution >= 0.6 is 0 Å². The molecule has 0 aromatic carbocycles. The highest BCUT2D eigenvalue weighted by molar-refractivity contribution is 5.00. The van der Waals surface area contributed by atoms with Crippen LogP contribution in [0.2, 0.25) is 0 Å². The van der Waals surface area contributed by atoms with Crippen molar-refractivity contribution < 1.29 is 17.9 Å². The Morgan fingerprint density at radius 1 is 1.50 bits per heavy atom. The zero-order valence-electron chi connectivity index (χ0n) is 6.40. The van der Waals surface area contributed by atoms with Crippen molar-refractivity contribution in [3.05, 3.63) is 11.8 Å². The zero-order chi connectivity index (χ0) is 9.19. The summed E-state index contributed by atoms with van der Waals surface area (Å²) < 4.78 is 38.7. The number of nitrogens with two attached hydrogens (primary N) is 1. The largest absolute Gasteiger partial charge is 0.572 e. The highest BCUT2D eigenvalue weighted by atomic mass is 19.4. The summed E-state index contributed by atoms with van der Waals surface area (Å²) >= 11 is 0. The van der Waals surface area contributed by atoms with E-state index < -0.39 is 6.36 Å². The maximum atomic E-state index is 11.6. The van der Waals surface area contributed by atoms with Crippen molar-refractivity contribution in [3.8, 4) is 0 Å². The van der Waals surface area contributed by atoms with E-state index in [4.69, 9.17) is 5.73 Å². The Hall–Kier alpha value is -0.710. The summed E-state index contributed by atoms with van der Waals surface area (Å²) in [4.78, 5) is 0. The summed E-state index contributed by atoms with van der Waals surface area (Å²) in [7, 11) is 0. The molecule has 0 heterocycles. The number of hydrogen-bond acceptors (Lipinski definition) is 2. The summed E-state index contributed by atoms with van der Waals surface area (Å²) in [5, 5.41) is 0. The summed E-state index contributed by atoms with van der Waals surface area (Å²) in [6.45, 7) is 0. The molecule has 0 spiro atoms. The molecular formula is C7H10F3NO. The molecule has 0 saturated carbocycles. The molecule has 70 valence electrons. The Morgan fingerprint density at radius 2 is 2.17 bits per heavy atom. The first-order valence-corrected chi connectivity index (χ1v) is 3.68. The van der Waals surface area contributed by atoms with Gasteiger partial charge in [-0.1, -0.05) is 0 Å². The second-order valence-corrected chi connectivity index (χ2v) is 2.75. The summed E-state index contributed by atoms with van der Waals surface area (Å²) in [5.41, 5.74) is 5.48. The highest BCUT2D eigenvalue weighted by Gasteiger charge is 2.32. The topological polar surface area (TPSA) is 35.2 Å². The van der Waals surface area contributed by atoms with Gasteiger partial charge in [0, 0.05) is 12.5 Å². The molecular weight excluding hydrogens is 171 g/mol. The van der Waals surface area contributed by atoms with Crippen molar-refractivity contribution in [2.75, 3.05) is 0 Å². The Balaban J connectivity index is 2.44. The van der Waals surface area contributed by atoms with Gasteiger partial charge in [0.2, 0.25) is 0 Å². The molecule has 0 amide bonds. The van der Waals surface area contributed by atoms with Crippen molar-refractivity contribution in [3.63, 3.8) is 0 Å². The van der Waals surface area contributed by atoms with Crippen molar-refractivity contribution in [2.24, 2.45) is 5.73 Å². The van der Waals surface area contributed by atoms with Crippen molar-refractivity contribution in [2.45, 2.75) is 31.7 Å². The van der Waals surface area contributed by atoms with E-state index in [1.54, 1.807) is 0 Å². The van der Waals surface area contributed by atoms with Crippen LogP contribution in [0.3, 0.4) is 0 Å². The molecule has 1 unspecified atom stereocenters. The Morgan fingerprint density at radius 3 is 2.58 bits per heavy atom. The first kappa shape index (κ1) is 9.38. The van der Waals surface area contributed by atoms with E-state index in [2.05, 4.69) is 4.74 Å². The van der Waals surface area contributed by atoms with E-state index in [1.807, 2.05) is 0 Å². The number of halogens is 3. The summed E-state index contributed by atoms with van der Waals surface area (Å²) in [6.07, 6.45) is -1.86. The molecule has 0 aliphatic heterocycles. The minimum atomic E-state index is -4.56. The molecule has 0 saturated heterocycles. The Kier molecular flexibility index (Phi) is 2.62. The lowest BCUT2D eigenvalue weighted by Crippen LogP contribution is -2.24. The molecule has 1 aliphatic carbocycles. The average molecular weight is 181 g/mol. The van der Waals surface area contributed by atoms with Gasteiger partial charge in [0.05, 0.1) is 0 Å². The van der Waals surface area contributed by atoms with Crippen molar-refractivity contribution in [1.82, 2.24) is 0 Å². The number of rotatable bonds is 1. The fourth-order valence-corrected chi connectivity index (χ4v) is 1.07. The number of allylic oxidation sites excluding steroid dienone is 1. The van der Waals surface area contributed by atoms with Crippen LogP contribution in [0, 0.1) is 0 Å². The van der Waals surface area contributed by atoms with Crippen molar-refractivity contribution in [1.29, 1.82) is 0 Å². The fraction of sp³-hybridized carbons (Fsp3) is 0.714. The van der Waals surface area contributed by atoms with E-state index in [0.29, 0.717) is 12.8 Å². The van der Waals surface area contributed by atoms with Crippen LogP contribution in [0.15, 0.2) is 11.8 Å². The van der Waals surface area contributed by atoms with Gasteiger partial charge in [-0.05, 0) is 18.9 Å². The minimum Gasteiger partial charge on any atom is -0.411 e. The third-order valence-electron chi connectivity index (χ3n) is 1.66. The normalized spacial score (nSPS) is 25.0. The van der Waals surface area contributed by atoms with E-state index in [0.717, 1.165) is 0 Å². The van der Waals surface area contributed by atoms with Crippen LogP contribution in [0.1, 0.15) is 19.3 Å². The predicted octanol–water partition coefficient (Wildman–Crippen LogP) is 1.92. The molecule has 1 atom stereocenters. The lowest BCUT2D eigenvalue weighted by Gasteiger charge is -2.19. The molecule has 0 aromatic heterocycles. The van der Waals surface area contributed by atoms with Crippen LogP contribution in [0.5, 0.6) is 0 Å². The Labute approximate surface area is 68.2 Å². The molecule has 2 nitrogen and oxygen atoms in total. The first-order chi connectivity index (χ1) is 5.47. The fourth-order valence-electron chi connectivity index (χ4n) is 1.07. The van der Waals surface area contributed by atoms with E-state index in [9.17, 15) is 13.2 Å². The maximum absolute atomic E-state index is 11.6. The van der Waals surface area contributed by atoms with E-state index >= 15 is 0 Å². The van der Waals surface area contributed by atoms with Gasteiger partial charge in [0.1, 0.15) is 5.76 Å².